The van der Waals surface area contributed by atoms with E-state index in [9.17, 15) is 25.0 Å². The SMILES string of the molecule is NCCCCNC(=O)c1cc([N+](=O)[O-])cc([N+](=O)[O-])c1. The average Bonchev–Trinajstić information content (AvgIpc) is 2.42. The van der Waals surface area contributed by atoms with E-state index in [1.165, 1.54) is 0 Å². The van der Waals surface area contributed by atoms with Gasteiger partial charge in [0.25, 0.3) is 17.3 Å². The fourth-order valence-corrected chi connectivity index (χ4v) is 1.51. The van der Waals surface area contributed by atoms with Gasteiger partial charge >= 0.3 is 0 Å². The summed E-state index contributed by atoms with van der Waals surface area (Å²) in [4.78, 5) is 31.6. The maximum atomic E-state index is 11.8. The topological polar surface area (TPSA) is 141 Å². The Hall–Kier alpha value is -2.55. The number of rotatable bonds is 7. The van der Waals surface area contributed by atoms with E-state index in [4.69, 9.17) is 5.73 Å². The van der Waals surface area contributed by atoms with E-state index in [1.54, 1.807) is 0 Å². The minimum Gasteiger partial charge on any atom is -0.352 e. The molecule has 0 aromatic heterocycles. The molecule has 0 radical (unpaired) electrons. The van der Waals surface area contributed by atoms with Crippen molar-refractivity contribution in [3.8, 4) is 0 Å². The smallest absolute Gasteiger partial charge is 0.277 e. The second-order valence-corrected chi connectivity index (χ2v) is 4.00. The van der Waals surface area contributed by atoms with Crippen LogP contribution in [0.1, 0.15) is 23.2 Å². The van der Waals surface area contributed by atoms with Crippen LogP contribution in [0.25, 0.3) is 0 Å². The number of benzene rings is 1. The first-order chi connectivity index (χ1) is 9.45. The van der Waals surface area contributed by atoms with E-state index in [-0.39, 0.29) is 5.56 Å². The predicted octanol–water partition coefficient (Wildman–Crippen LogP) is 0.972. The summed E-state index contributed by atoms with van der Waals surface area (Å²) in [5.74, 6) is -0.589. The summed E-state index contributed by atoms with van der Waals surface area (Å²) < 4.78 is 0. The molecule has 9 heteroatoms. The highest BCUT2D eigenvalue weighted by atomic mass is 16.6. The Labute approximate surface area is 114 Å². The first-order valence-electron chi connectivity index (χ1n) is 5.88. The minimum absolute atomic E-state index is 0.112. The van der Waals surface area contributed by atoms with Crippen molar-refractivity contribution in [1.82, 2.24) is 5.32 Å². The molecule has 0 bridgehead atoms. The number of nitrogens with two attached hydrogens (primary N) is 1. The Balaban J connectivity index is 2.90. The molecular weight excluding hydrogens is 268 g/mol. The molecule has 108 valence electrons. The van der Waals surface area contributed by atoms with Crippen LogP contribution < -0.4 is 11.1 Å². The molecule has 20 heavy (non-hydrogen) atoms. The summed E-state index contributed by atoms with van der Waals surface area (Å²) in [6, 6.07) is 2.82. The lowest BCUT2D eigenvalue weighted by molar-refractivity contribution is -0.394. The van der Waals surface area contributed by atoms with Gasteiger partial charge < -0.3 is 11.1 Å². The van der Waals surface area contributed by atoms with Gasteiger partial charge in [-0.25, -0.2) is 0 Å². The van der Waals surface area contributed by atoms with Crippen LogP contribution in [0.4, 0.5) is 11.4 Å². The lowest BCUT2D eigenvalue weighted by Gasteiger charge is -2.04. The van der Waals surface area contributed by atoms with Gasteiger partial charge in [0.2, 0.25) is 0 Å². The molecule has 9 nitrogen and oxygen atoms in total. The molecule has 0 fully saturated rings. The first kappa shape index (κ1) is 15.5. The lowest BCUT2D eigenvalue weighted by atomic mass is 10.1. The van der Waals surface area contributed by atoms with Gasteiger partial charge in [-0.15, -0.1) is 0 Å². The zero-order chi connectivity index (χ0) is 15.1. The highest BCUT2D eigenvalue weighted by Crippen LogP contribution is 2.22. The van der Waals surface area contributed by atoms with Gasteiger partial charge in [0.1, 0.15) is 0 Å². The van der Waals surface area contributed by atoms with Crippen molar-refractivity contribution < 1.29 is 14.6 Å². The van der Waals surface area contributed by atoms with E-state index in [0.29, 0.717) is 19.5 Å². The number of carbonyl (C=O) groups excluding carboxylic acids is 1. The monoisotopic (exact) mass is 282 g/mol. The van der Waals surface area contributed by atoms with Crippen LogP contribution in [0, 0.1) is 20.2 Å². The van der Waals surface area contributed by atoms with E-state index in [1.807, 2.05) is 0 Å². The van der Waals surface area contributed by atoms with Crippen molar-refractivity contribution in [2.75, 3.05) is 13.1 Å². The van der Waals surface area contributed by atoms with Gasteiger partial charge in [0.15, 0.2) is 0 Å². The normalized spacial score (nSPS) is 10.1. The van der Waals surface area contributed by atoms with E-state index in [2.05, 4.69) is 5.32 Å². The van der Waals surface area contributed by atoms with Crippen LogP contribution in [0.15, 0.2) is 18.2 Å². The summed E-state index contributed by atoms with van der Waals surface area (Å²) in [6.07, 6.45) is 1.40. The molecule has 0 saturated carbocycles. The highest BCUT2D eigenvalue weighted by molar-refractivity contribution is 5.95. The van der Waals surface area contributed by atoms with Crippen molar-refractivity contribution in [2.45, 2.75) is 12.8 Å². The van der Waals surface area contributed by atoms with E-state index >= 15 is 0 Å². The van der Waals surface area contributed by atoms with Gasteiger partial charge in [0.05, 0.1) is 21.5 Å². The van der Waals surface area contributed by atoms with Crippen LogP contribution in [-0.2, 0) is 0 Å². The van der Waals surface area contributed by atoms with Crippen molar-refractivity contribution >= 4 is 17.3 Å². The quantitative estimate of drug-likeness (QED) is 0.433. The Kier molecular flexibility index (Phi) is 5.54. The van der Waals surface area contributed by atoms with Gasteiger partial charge in [-0.05, 0) is 19.4 Å². The molecule has 0 saturated heterocycles. The second kappa shape index (κ2) is 7.14. The van der Waals surface area contributed by atoms with Crippen LogP contribution in [-0.4, -0.2) is 28.8 Å². The number of carbonyl (C=O) groups is 1. The third-order valence-corrected chi connectivity index (χ3v) is 2.50. The van der Waals surface area contributed by atoms with Crippen molar-refractivity contribution in [1.29, 1.82) is 0 Å². The Bertz CT molecular complexity index is 499. The van der Waals surface area contributed by atoms with E-state index in [0.717, 1.165) is 24.6 Å². The first-order valence-corrected chi connectivity index (χ1v) is 5.88. The number of hydrogen-bond donors (Lipinski definition) is 2. The Morgan fingerprint density at radius 3 is 2.10 bits per heavy atom. The molecule has 0 aliphatic rings. The van der Waals surface area contributed by atoms with Crippen LogP contribution in [0.2, 0.25) is 0 Å². The summed E-state index contributed by atoms with van der Waals surface area (Å²) >= 11 is 0. The second-order valence-electron chi connectivity index (χ2n) is 4.00. The number of hydrogen-bond acceptors (Lipinski definition) is 6. The number of nitro benzene ring substituents is 2. The fourth-order valence-electron chi connectivity index (χ4n) is 1.51. The maximum absolute atomic E-state index is 11.8. The molecule has 0 unspecified atom stereocenters. The molecule has 1 rings (SSSR count). The fraction of sp³-hybridized carbons (Fsp3) is 0.364. The molecular formula is C11H14N4O5. The molecule has 1 aromatic rings. The Morgan fingerprint density at radius 1 is 1.10 bits per heavy atom. The summed E-state index contributed by atoms with van der Waals surface area (Å²) in [5, 5.41) is 23.9. The molecule has 0 atom stereocenters. The third-order valence-electron chi connectivity index (χ3n) is 2.50. The number of nitrogens with zero attached hydrogens (tertiary/aromatic N) is 2. The number of nitrogens with one attached hydrogen (secondary N) is 1. The molecule has 3 N–H and O–H groups in total. The van der Waals surface area contributed by atoms with Crippen molar-refractivity contribution in [3.05, 3.63) is 44.0 Å². The zero-order valence-corrected chi connectivity index (χ0v) is 10.6. The predicted molar refractivity (Wildman–Crippen MR) is 70.4 cm³/mol. The molecule has 0 heterocycles. The largest absolute Gasteiger partial charge is 0.352 e. The zero-order valence-electron chi connectivity index (χ0n) is 10.6. The van der Waals surface area contributed by atoms with Gasteiger partial charge in [0, 0.05) is 18.7 Å². The van der Waals surface area contributed by atoms with Gasteiger partial charge in [-0.3, -0.25) is 25.0 Å². The number of unbranched alkanes of at least 4 members (excludes halogenated alkanes) is 1. The number of amides is 1. The molecule has 0 aliphatic carbocycles. The molecule has 0 aliphatic heterocycles. The van der Waals surface area contributed by atoms with Gasteiger partial charge in [-0.1, -0.05) is 0 Å². The molecule has 1 aromatic carbocycles. The molecule has 0 spiro atoms. The van der Waals surface area contributed by atoms with E-state index < -0.39 is 27.1 Å². The van der Waals surface area contributed by atoms with Crippen LogP contribution in [0.5, 0.6) is 0 Å². The number of non-ortho nitro benzene ring substituents is 2. The summed E-state index contributed by atoms with van der Waals surface area (Å²) in [7, 11) is 0. The average molecular weight is 282 g/mol. The van der Waals surface area contributed by atoms with Crippen LogP contribution in [0.3, 0.4) is 0 Å². The lowest BCUT2D eigenvalue weighted by Crippen LogP contribution is -2.25. The van der Waals surface area contributed by atoms with Crippen molar-refractivity contribution in [2.24, 2.45) is 5.73 Å². The molecule has 1 amide bonds. The van der Waals surface area contributed by atoms with Crippen LogP contribution >= 0.6 is 0 Å². The van der Waals surface area contributed by atoms with Gasteiger partial charge in [-0.2, -0.15) is 0 Å². The minimum atomic E-state index is -0.780. The maximum Gasteiger partial charge on any atom is 0.277 e. The third kappa shape index (κ3) is 4.28. The number of nitro groups is 2. The summed E-state index contributed by atoms with van der Waals surface area (Å²) in [6.45, 7) is 0.852. The van der Waals surface area contributed by atoms with Crippen molar-refractivity contribution in [3.63, 3.8) is 0 Å². The Morgan fingerprint density at radius 2 is 1.65 bits per heavy atom. The summed E-state index contributed by atoms with van der Waals surface area (Å²) in [5.41, 5.74) is 4.20. The highest BCUT2D eigenvalue weighted by Gasteiger charge is 2.19. The standard InChI is InChI=1S/C11H14N4O5/c12-3-1-2-4-13-11(16)8-5-9(14(17)18)7-10(6-8)15(19)20/h5-7H,1-4,12H2,(H,13,16).